The zero-order valence-electron chi connectivity index (χ0n) is 11.9. The smallest absolute Gasteiger partial charge is 0.312 e. The van der Waals surface area contributed by atoms with Crippen molar-refractivity contribution in [1.82, 2.24) is 10.2 Å². The van der Waals surface area contributed by atoms with Crippen LogP contribution in [-0.2, 0) is 4.79 Å². The first-order valence-corrected chi connectivity index (χ1v) is 7.13. The molecule has 116 valence electrons. The van der Waals surface area contributed by atoms with E-state index in [9.17, 15) is 9.59 Å². The van der Waals surface area contributed by atoms with Gasteiger partial charge < -0.3 is 21.7 Å². The molecule has 1 aliphatic carbocycles. The van der Waals surface area contributed by atoms with Gasteiger partial charge >= 0.3 is 6.03 Å². The second-order valence-electron chi connectivity index (χ2n) is 5.76. The largest absolute Gasteiger partial charge is 0.352 e. The fourth-order valence-electron chi connectivity index (χ4n) is 3.43. The Morgan fingerprint density at radius 2 is 2.05 bits per heavy atom. The van der Waals surface area contributed by atoms with Gasteiger partial charge in [0.15, 0.2) is 0 Å². The fourth-order valence-corrected chi connectivity index (χ4v) is 3.43. The number of hydrogen-bond donors (Lipinski definition) is 3. The highest BCUT2D eigenvalue weighted by molar-refractivity contribution is 5.86. The van der Waals surface area contributed by atoms with E-state index >= 15 is 0 Å². The lowest BCUT2D eigenvalue weighted by Crippen LogP contribution is -2.50. The minimum Gasteiger partial charge on any atom is -0.352 e. The van der Waals surface area contributed by atoms with E-state index in [0.717, 1.165) is 32.4 Å². The Kier molecular flexibility index (Phi) is 6.07. The van der Waals surface area contributed by atoms with Crippen LogP contribution in [0.3, 0.4) is 0 Å². The predicted octanol–water partition coefficient (Wildman–Crippen LogP) is 0.441. The van der Waals surface area contributed by atoms with Gasteiger partial charge in [-0.25, -0.2) is 4.79 Å². The summed E-state index contributed by atoms with van der Waals surface area (Å²) in [6.07, 6.45) is 3.63. The molecule has 2 rings (SSSR count). The van der Waals surface area contributed by atoms with E-state index < -0.39 is 12.1 Å². The van der Waals surface area contributed by atoms with Crippen LogP contribution in [0.2, 0.25) is 0 Å². The van der Waals surface area contributed by atoms with Crippen molar-refractivity contribution in [2.24, 2.45) is 23.3 Å². The van der Waals surface area contributed by atoms with E-state index in [2.05, 4.69) is 5.32 Å². The minimum absolute atomic E-state index is 0. The van der Waals surface area contributed by atoms with Crippen LogP contribution >= 0.6 is 12.4 Å². The predicted molar refractivity (Wildman–Crippen MR) is 79.4 cm³/mol. The van der Waals surface area contributed by atoms with Crippen LogP contribution in [0.15, 0.2) is 0 Å². The maximum Gasteiger partial charge on any atom is 0.312 e. The van der Waals surface area contributed by atoms with Gasteiger partial charge in [-0.1, -0.05) is 13.3 Å². The zero-order valence-corrected chi connectivity index (χ0v) is 12.7. The van der Waals surface area contributed by atoms with E-state index in [0.29, 0.717) is 18.3 Å². The Morgan fingerprint density at radius 1 is 1.35 bits per heavy atom. The highest BCUT2D eigenvalue weighted by Gasteiger charge is 2.43. The Labute approximate surface area is 126 Å². The summed E-state index contributed by atoms with van der Waals surface area (Å²) >= 11 is 0. The first kappa shape index (κ1) is 17.0. The minimum atomic E-state index is -0.636. The summed E-state index contributed by atoms with van der Waals surface area (Å²) in [6, 6.07) is -0.906. The number of likely N-dealkylation sites (tertiary alicyclic amines) is 1. The monoisotopic (exact) mass is 304 g/mol. The third-order valence-electron chi connectivity index (χ3n) is 4.42. The average Bonchev–Trinajstić information content (AvgIpc) is 2.90. The second kappa shape index (κ2) is 7.13. The first-order valence-electron chi connectivity index (χ1n) is 7.13. The molecule has 5 N–H and O–H groups in total. The molecule has 1 heterocycles. The summed E-state index contributed by atoms with van der Waals surface area (Å²) in [6.45, 7) is 3.49. The van der Waals surface area contributed by atoms with E-state index in [1.807, 2.05) is 11.8 Å². The molecule has 0 radical (unpaired) electrons. The number of carbonyl (C=O) groups excluding carboxylic acids is 2. The van der Waals surface area contributed by atoms with E-state index in [1.54, 1.807) is 0 Å². The van der Waals surface area contributed by atoms with Gasteiger partial charge in [0.2, 0.25) is 5.91 Å². The lowest BCUT2D eigenvalue weighted by molar-refractivity contribution is -0.132. The highest BCUT2D eigenvalue weighted by Crippen LogP contribution is 2.37. The Morgan fingerprint density at radius 3 is 2.60 bits per heavy atom. The third-order valence-corrected chi connectivity index (χ3v) is 4.42. The molecule has 20 heavy (non-hydrogen) atoms. The van der Waals surface area contributed by atoms with Gasteiger partial charge in [-0.05, 0) is 31.1 Å². The zero-order chi connectivity index (χ0) is 14.0. The Bertz CT molecular complexity index is 366. The molecule has 1 saturated carbocycles. The molecule has 2 aliphatic rings. The molecule has 3 amide bonds. The summed E-state index contributed by atoms with van der Waals surface area (Å²) in [5, 5.41) is 2.55. The van der Waals surface area contributed by atoms with Crippen molar-refractivity contribution in [3.8, 4) is 0 Å². The molecule has 7 heteroatoms. The van der Waals surface area contributed by atoms with Crippen molar-refractivity contribution in [2.75, 3.05) is 13.1 Å². The van der Waals surface area contributed by atoms with Crippen molar-refractivity contribution in [3.05, 3.63) is 0 Å². The number of rotatable bonds is 4. The molecule has 0 aromatic rings. The summed E-state index contributed by atoms with van der Waals surface area (Å²) in [4.78, 5) is 25.2. The molecule has 1 aliphatic heterocycles. The van der Waals surface area contributed by atoms with E-state index in [1.165, 1.54) is 0 Å². The number of hydrogen-bond acceptors (Lipinski definition) is 3. The van der Waals surface area contributed by atoms with Gasteiger partial charge in [0.25, 0.3) is 0 Å². The van der Waals surface area contributed by atoms with Gasteiger partial charge in [-0.3, -0.25) is 4.79 Å². The third kappa shape index (κ3) is 3.55. The summed E-state index contributed by atoms with van der Waals surface area (Å²) in [5.74, 6) is 0.955. The van der Waals surface area contributed by atoms with E-state index in [-0.39, 0.29) is 24.4 Å². The molecular formula is C13H25ClN4O2. The summed E-state index contributed by atoms with van der Waals surface area (Å²) in [5.41, 5.74) is 11.2. The van der Waals surface area contributed by atoms with Crippen LogP contribution in [0.25, 0.3) is 0 Å². The van der Waals surface area contributed by atoms with Gasteiger partial charge in [0.1, 0.15) is 6.04 Å². The van der Waals surface area contributed by atoms with Gasteiger partial charge in [-0.15, -0.1) is 12.4 Å². The molecule has 3 unspecified atom stereocenters. The molecule has 0 spiro atoms. The van der Waals surface area contributed by atoms with Crippen LogP contribution in [0.1, 0.15) is 32.6 Å². The molecule has 0 bridgehead atoms. The molecule has 1 saturated heterocycles. The fraction of sp³-hybridized carbons (Fsp3) is 0.846. The van der Waals surface area contributed by atoms with Crippen molar-refractivity contribution in [1.29, 1.82) is 0 Å². The molecule has 2 fully saturated rings. The number of carbonyl (C=O) groups is 2. The average molecular weight is 305 g/mol. The second-order valence-corrected chi connectivity index (χ2v) is 5.76. The number of primary amides is 1. The van der Waals surface area contributed by atoms with Crippen molar-refractivity contribution >= 4 is 24.3 Å². The SMILES string of the molecule is CCC[C@@H](NC(N)=O)C(=O)N1CC2CCC(N)C2C1.Cl. The molecule has 4 atom stereocenters. The van der Waals surface area contributed by atoms with Crippen LogP contribution in [0.4, 0.5) is 4.79 Å². The number of fused-ring (bicyclic) bond motifs is 1. The number of amides is 3. The number of nitrogens with zero attached hydrogens (tertiary/aromatic N) is 1. The number of halogens is 1. The van der Waals surface area contributed by atoms with Crippen LogP contribution < -0.4 is 16.8 Å². The first-order chi connectivity index (χ1) is 9.02. The molecule has 6 nitrogen and oxygen atoms in total. The summed E-state index contributed by atoms with van der Waals surface area (Å²) < 4.78 is 0. The topological polar surface area (TPSA) is 101 Å². The van der Waals surface area contributed by atoms with Crippen molar-refractivity contribution < 1.29 is 9.59 Å². The van der Waals surface area contributed by atoms with Crippen LogP contribution in [0.5, 0.6) is 0 Å². The maximum atomic E-state index is 12.4. The maximum absolute atomic E-state index is 12.4. The standard InChI is InChI=1S/C13H24N4O2.ClH/c1-2-3-11(16-13(15)19)12(18)17-6-8-4-5-10(14)9(8)7-17;/h8-11H,2-7,14H2,1H3,(H3,15,16,19);1H/t8?,9?,10?,11-;/m1./s1. The van der Waals surface area contributed by atoms with Crippen LogP contribution in [-0.4, -0.2) is 42.0 Å². The Balaban J connectivity index is 0.00000200. The van der Waals surface area contributed by atoms with Gasteiger partial charge in [-0.2, -0.15) is 0 Å². The normalized spacial score (nSPS) is 29.5. The molecule has 0 aromatic carbocycles. The van der Waals surface area contributed by atoms with Crippen molar-refractivity contribution in [3.63, 3.8) is 0 Å². The lowest BCUT2D eigenvalue weighted by atomic mass is 9.98. The van der Waals surface area contributed by atoms with Gasteiger partial charge in [0, 0.05) is 19.1 Å². The van der Waals surface area contributed by atoms with Crippen molar-refractivity contribution in [2.45, 2.75) is 44.7 Å². The Hall–Kier alpha value is -1.01. The highest BCUT2D eigenvalue weighted by atomic mass is 35.5. The number of urea groups is 1. The lowest BCUT2D eigenvalue weighted by Gasteiger charge is -2.24. The molecular weight excluding hydrogens is 280 g/mol. The number of nitrogens with one attached hydrogen (secondary N) is 1. The number of nitrogens with two attached hydrogens (primary N) is 2. The van der Waals surface area contributed by atoms with Crippen LogP contribution in [0, 0.1) is 11.8 Å². The summed E-state index contributed by atoms with van der Waals surface area (Å²) in [7, 11) is 0. The van der Waals surface area contributed by atoms with Gasteiger partial charge in [0.05, 0.1) is 0 Å². The quantitative estimate of drug-likeness (QED) is 0.702. The molecule has 0 aromatic heterocycles. The van der Waals surface area contributed by atoms with E-state index in [4.69, 9.17) is 11.5 Å².